The van der Waals surface area contributed by atoms with Gasteiger partial charge in [0.25, 0.3) is 0 Å². The Morgan fingerprint density at radius 3 is 2.35 bits per heavy atom. The maximum atomic E-state index is 10.8. The molecule has 0 aliphatic carbocycles. The second kappa shape index (κ2) is 6.17. The quantitative estimate of drug-likeness (QED) is 0.672. The Kier molecular flexibility index (Phi) is 5.15. The number of aliphatic hydroxyl groups excluding tert-OH is 1. The minimum absolute atomic E-state index is 0.268. The Bertz CT molecular complexity index is 379. The first-order valence-corrected chi connectivity index (χ1v) is 6.38. The molecule has 0 heterocycles. The van der Waals surface area contributed by atoms with E-state index < -0.39 is 6.10 Å². The molecule has 0 saturated carbocycles. The Morgan fingerprint density at radius 1 is 1.41 bits per heavy atom. The third-order valence-electron chi connectivity index (χ3n) is 2.45. The van der Waals surface area contributed by atoms with Crippen molar-refractivity contribution < 1.29 is 14.6 Å². The standard InChI is InChI=1S/C13H17BrO3/c1-8-4-11(17-7-10(3)16)5-9(2)13(8)12(14)6-15/h4-6,10,12,16H,7H2,1-3H3. The molecule has 17 heavy (non-hydrogen) atoms. The largest absolute Gasteiger partial charge is 0.491 e. The summed E-state index contributed by atoms with van der Waals surface area (Å²) in [5.74, 6) is 0.718. The predicted molar refractivity (Wildman–Crippen MR) is 70.8 cm³/mol. The SMILES string of the molecule is Cc1cc(OCC(C)O)cc(C)c1C(Br)C=O. The zero-order valence-electron chi connectivity index (χ0n) is 10.2. The second-order valence-corrected chi connectivity index (χ2v) is 5.16. The summed E-state index contributed by atoms with van der Waals surface area (Å²) < 4.78 is 5.44. The van der Waals surface area contributed by atoms with E-state index in [1.165, 1.54) is 0 Å². The van der Waals surface area contributed by atoms with Gasteiger partial charge in [0, 0.05) is 0 Å². The molecule has 1 rings (SSSR count). The highest BCUT2D eigenvalue weighted by Crippen LogP contribution is 2.30. The summed E-state index contributed by atoms with van der Waals surface area (Å²) in [7, 11) is 0. The number of aryl methyl sites for hydroxylation is 2. The molecule has 0 aliphatic heterocycles. The van der Waals surface area contributed by atoms with Crippen LogP contribution < -0.4 is 4.74 Å². The van der Waals surface area contributed by atoms with Crippen LogP contribution in [0.25, 0.3) is 0 Å². The molecular weight excluding hydrogens is 284 g/mol. The topological polar surface area (TPSA) is 46.5 Å². The van der Waals surface area contributed by atoms with Crippen LogP contribution in [0.1, 0.15) is 28.4 Å². The summed E-state index contributed by atoms with van der Waals surface area (Å²) in [4.78, 5) is 10.5. The van der Waals surface area contributed by atoms with E-state index in [0.29, 0.717) is 0 Å². The summed E-state index contributed by atoms with van der Waals surface area (Å²) >= 11 is 3.32. The van der Waals surface area contributed by atoms with E-state index >= 15 is 0 Å². The molecule has 0 amide bonds. The molecular formula is C13H17BrO3. The summed E-state index contributed by atoms with van der Waals surface area (Å²) in [5, 5.41) is 9.15. The highest BCUT2D eigenvalue weighted by atomic mass is 79.9. The van der Waals surface area contributed by atoms with Gasteiger partial charge >= 0.3 is 0 Å². The van der Waals surface area contributed by atoms with Crippen LogP contribution in [0.4, 0.5) is 0 Å². The van der Waals surface area contributed by atoms with Gasteiger partial charge < -0.3 is 14.6 Å². The van der Waals surface area contributed by atoms with Gasteiger partial charge in [-0.1, -0.05) is 15.9 Å². The van der Waals surface area contributed by atoms with Crippen LogP contribution in [0.2, 0.25) is 0 Å². The molecule has 2 unspecified atom stereocenters. The number of ether oxygens (including phenoxy) is 1. The van der Waals surface area contributed by atoms with Crippen molar-refractivity contribution in [1.82, 2.24) is 0 Å². The van der Waals surface area contributed by atoms with E-state index in [-0.39, 0.29) is 11.4 Å². The molecule has 1 N–H and O–H groups in total. The first kappa shape index (κ1) is 14.2. The van der Waals surface area contributed by atoms with Crippen LogP contribution in [0.15, 0.2) is 12.1 Å². The van der Waals surface area contributed by atoms with Crippen molar-refractivity contribution in [2.45, 2.75) is 31.7 Å². The number of hydrogen-bond acceptors (Lipinski definition) is 3. The number of hydrogen-bond donors (Lipinski definition) is 1. The number of aldehydes is 1. The first-order chi connectivity index (χ1) is 7.95. The molecule has 94 valence electrons. The van der Waals surface area contributed by atoms with Crippen LogP contribution in [-0.4, -0.2) is 24.1 Å². The fourth-order valence-corrected chi connectivity index (χ4v) is 2.46. The third-order valence-corrected chi connectivity index (χ3v) is 3.13. The van der Waals surface area contributed by atoms with Crippen LogP contribution in [0, 0.1) is 13.8 Å². The van der Waals surface area contributed by atoms with E-state index in [2.05, 4.69) is 15.9 Å². The van der Waals surface area contributed by atoms with Gasteiger partial charge in [-0.05, 0) is 49.6 Å². The normalized spacial score (nSPS) is 14.2. The lowest BCUT2D eigenvalue weighted by atomic mass is 10.00. The number of aliphatic hydroxyl groups is 1. The summed E-state index contributed by atoms with van der Waals surface area (Å²) in [6.07, 6.45) is 0.375. The number of benzene rings is 1. The Balaban J connectivity index is 2.97. The first-order valence-electron chi connectivity index (χ1n) is 5.47. The molecule has 1 aromatic rings. The van der Waals surface area contributed by atoms with Crippen LogP contribution >= 0.6 is 15.9 Å². The lowest BCUT2D eigenvalue weighted by Gasteiger charge is -2.15. The molecule has 0 saturated heterocycles. The van der Waals surface area contributed by atoms with E-state index in [1.54, 1.807) is 6.92 Å². The summed E-state index contributed by atoms with van der Waals surface area (Å²) in [5.41, 5.74) is 2.98. The highest BCUT2D eigenvalue weighted by molar-refractivity contribution is 9.09. The van der Waals surface area contributed by atoms with Crippen molar-refractivity contribution in [2.24, 2.45) is 0 Å². The Hall–Kier alpha value is -0.870. The van der Waals surface area contributed by atoms with E-state index in [9.17, 15) is 4.79 Å². The van der Waals surface area contributed by atoms with E-state index in [1.807, 2.05) is 26.0 Å². The number of halogens is 1. The third kappa shape index (κ3) is 3.82. The molecule has 1 aromatic carbocycles. The van der Waals surface area contributed by atoms with Gasteiger partial charge in [-0.3, -0.25) is 0 Å². The average molecular weight is 301 g/mol. The Morgan fingerprint density at radius 2 is 1.94 bits per heavy atom. The molecule has 0 bridgehead atoms. The molecule has 0 radical (unpaired) electrons. The summed E-state index contributed by atoms with van der Waals surface area (Å²) in [6, 6.07) is 3.75. The smallest absolute Gasteiger partial charge is 0.138 e. The molecule has 0 aromatic heterocycles. The Labute approximate surface area is 110 Å². The van der Waals surface area contributed by atoms with Crippen LogP contribution in [-0.2, 0) is 4.79 Å². The van der Waals surface area contributed by atoms with Gasteiger partial charge in [0.1, 0.15) is 18.6 Å². The van der Waals surface area contributed by atoms with Crippen molar-refractivity contribution in [1.29, 1.82) is 0 Å². The van der Waals surface area contributed by atoms with Gasteiger partial charge in [0.2, 0.25) is 0 Å². The van der Waals surface area contributed by atoms with Gasteiger partial charge in [0.15, 0.2) is 0 Å². The maximum absolute atomic E-state index is 10.8. The predicted octanol–water partition coefficient (Wildman–Crippen LogP) is 2.70. The van der Waals surface area contributed by atoms with Crippen LogP contribution in [0.3, 0.4) is 0 Å². The monoisotopic (exact) mass is 300 g/mol. The second-order valence-electron chi connectivity index (χ2n) is 4.17. The fraction of sp³-hybridized carbons (Fsp3) is 0.462. The van der Waals surface area contributed by atoms with Crippen molar-refractivity contribution in [2.75, 3.05) is 6.61 Å². The number of rotatable bonds is 5. The van der Waals surface area contributed by atoms with Crippen molar-refractivity contribution in [3.63, 3.8) is 0 Å². The van der Waals surface area contributed by atoms with E-state index in [0.717, 1.165) is 28.7 Å². The van der Waals surface area contributed by atoms with E-state index in [4.69, 9.17) is 9.84 Å². The van der Waals surface area contributed by atoms with Crippen molar-refractivity contribution in [3.05, 3.63) is 28.8 Å². The molecule has 0 aliphatic rings. The number of carbonyl (C=O) groups excluding carboxylic acids is 1. The molecule has 0 spiro atoms. The molecule has 3 nitrogen and oxygen atoms in total. The summed E-state index contributed by atoms with van der Waals surface area (Å²) in [6.45, 7) is 5.82. The van der Waals surface area contributed by atoms with Crippen molar-refractivity contribution >= 4 is 22.2 Å². The van der Waals surface area contributed by atoms with Gasteiger partial charge in [-0.2, -0.15) is 0 Å². The minimum atomic E-state index is -0.491. The lowest BCUT2D eigenvalue weighted by Crippen LogP contribution is -2.13. The zero-order valence-corrected chi connectivity index (χ0v) is 11.8. The number of carbonyl (C=O) groups is 1. The van der Waals surface area contributed by atoms with Crippen LogP contribution in [0.5, 0.6) is 5.75 Å². The fourth-order valence-electron chi connectivity index (χ4n) is 1.74. The van der Waals surface area contributed by atoms with Crippen molar-refractivity contribution in [3.8, 4) is 5.75 Å². The number of alkyl halides is 1. The maximum Gasteiger partial charge on any atom is 0.138 e. The zero-order chi connectivity index (χ0) is 13.0. The highest BCUT2D eigenvalue weighted by Gasteiger charge is 2.13. The molecule has 2 atom stereocenters. The average Bonchev–Trinajstić information content (AvgIpc) is 2.25. The van der Waals surface area contributed by atoms with Gasteiger partial charge in [-0.15, -0.1) is 0 Å². The van der Waals surface area contributed by atoms with Gasteiger partial charge in [-0.25, -0.2) is 0 Å². The minimum Gasteiger partial charge on any atom is -0.491 e. The molecule has 0 fully saturated rings. The van der Waals surface area contributed by atoms with Gasteiger partial charge in [0.05, 0.1) is 10.9 Å². The molecule has 4 heteroatoms. The lowest BCUT2D eigenvalue weighted by molar-refractivity contribution is -0.107.